The van der Waals surface area contributed by atoms with E-state index in [2.05, 4.69) is 10.0 Å². The van der Waals surface area contributed by atoms with Gasteiger partial charge in [-0.25, -0.2) is 13.1 Å². The number of benzene rings is 1. The van der Waals surface area contributed by atoms with Crippen molar-refractivity contribution in [2.24, 2.45) is 0 Å². The van der Waals surface area contributed by atoms with Gasteiger partial charge in [0.1, 0.15) is 6.54 Å². The highest BCUT2D eigenvalue weighted by Gasteiger charge is 2.28. The first-order valence-corrected chi connectivity index (χ1v) is 8.23. The normalized spacial score (nSPS) is 12.2. The zero-order valence-corrected chi connectivity index (χ0v) is 13.2. The van der Waals surface area contributed by atoms with Gasteiger partial charge in [0, 0.05) is 12.1 Å². The third-order valence-corrected chi connectivity index (χ3v) is 4.25. The summed E-state index contributed by atoms with van der Waals surface area (Å²) in [7, 11) is -1.96. The van der Waals surface area contributed by atoms with Crippen LogP contribution in [-0.4, -0.2) is 47.2 Å². The molecule has 0 heterocycles. The first kappa shape index (κ1) is 19.4. The minimum absolute atomic E-state index is 0.0524. The molecule has 0 aliphatic heterocycles. The zero-order valence-electron chi connectivity index (χ0n) is 12.4. The maximum absolute atomic E-state index is 12.0. The van der Waals surface area contributed by atoms with E-state index in [1.165, 1.54) is 12.1 Å². The van der Waals surface area contributed by atoms with Gasteiger partial charge in [0.25, 0.3) is 5.91 Å². The highest BCUT2D eigenvalue weighted by molar-refractivity contribution is 7.89. The van der Waals surface area contributed by atoms with Gasteiger partial charge in [-0.05, 0) is 44.3 Å². The van der Waals surface area contributed by atoms with Gasteiger partial charge in [0.2, 0.25) is 10.0 Å². The van der Waals surface area contributed by atoms with Crippen LogP contribution in [0.5, 0.6) is 0 Å². The topological polar surface area (TPSA) is 87.3 Å². The van der Waals surface area contributed by atoms with Gasteiger partial charge < -0.3 is 10.6 Å². The molecule has 23 heavy (non-hydrogen) atoms. The van der Waals surface area contributed by atoms with E-state index < -0.39 is 28.7 Å². The minimum atomic E-state index is -4.50. The number of carbonyl (C=O) groups excluding carboxylic acids is 1. The lowest BCUT2D eigenvalue weighted by Crippen LogP contribution is -2.33. The average Bonchev–Trinajstić information content (AvgIpc) is 2.48. The van der Waals surface area contributed by atoms with Gasteiger partial charge >= 0.3 is 6.18 Å². The molecular weight excluding hydrogens is 335 g/mol. The molecule has 0 saturated heterocycles. The van der Waals surface area contributed by atoms with E-state index in [1.807, 2.05) is 0 Å². The molecule has 0 atom stereocenters. The number of halogens is 3. The molecule has 1 aromatic rings. The molecule has 1 rings (SSSR count). The minimum Gasteiger partial charge on any atom is -0.343 e. The van der Waals surface area contributed by atoms with Gasteiger partial charge in [0.15, 0.2) is 0 Å². The number of nitrogens with one attached hydrogen (secondary N) is 3. The maximum atomic E-state index is 12.0. The number of sulfonamides is 1. The van der Waals surface area contributed by atoms with Gasteiger partial charge in [-0.3, -0.25) is 4.79 Å². The fraction of sp³-hybridized carbons (Fsp3) is 0.462. The molecule has 10 heteroatoms. The number of amides is 1. The number of hydrogen-bond donors (Lipinski definition) is 3. The lowest BCUT2D eigenvalue weighted by atomic mass is 10.2. The van der Waals surface area contributed by atoms with E-state index in [4.69, 9.17) is 0 Å². The van der Waals surface area contributed by atoms with Crippen molar-refractivity contribution in [2.45, 2.75) is 17.5 Å². The van der Waals surface area contributed by atoms with E-state index in [-0.39, 0.29) is 17.0 Å². The molecule has 0 aliphatic carbocycles. The van der Waals surface area contributed by atoms with Crippen LogP contribution < -0.4 is 15.4 Å². The summed E-state index contributed by atoms with van der Waals surface area (Å²) in [6, 6.07) is 4.66. The lowest BCUT2D eigenvalue weighted by Gasteiger charge is -2.09. The van der Waals surface area contributed by atoms with Crippen LogP contribution in [0.4, 0.5) is 13.2 Å². The Morgan fingerprint density at radius 3 is 2.26 bits per heavy atom. The SMILES string of the molecule is CNCCCNS(=O)(=O)c1ccc(C(=O)NCC(F)(F)F)cc1. The van der Waals surface area contributed by atoms with Crippen LogP contribution in [0.1, 0.15) is 16.8 Å². The zero-order chi connectivity index (χ0) is 17.5. The Morgan fingerprint density at radius 1 is 1.13 bits per heavy atom. The number of rotatable bonds is 8. The van der Waals surface area contributed by atoms with E-state index in [9.17, 15) is 26.4 Å². The van der Waals surface area contributed by atoms with E-state index in [1.54, 1.807) is 12.4 Å². The van der Waals surface area contributed by atoms with Crippen LogP contribution in [0.2, 0.25) is 0 Å². The maximum Gasteiger partial charge on any atom is 0.405 e. The molecule has 0 unspecified atom stereocenters. The van der Waals surface area contributed by atoms with Crippen molar-refractivity contribution in [1.29, 1.82) is 0 Å². The molecule has 0 radical (unpaired) electrons. The summed E-state index contributed by atoms with van der Waals surface area (Å²) in [5, 5.41) is 4.59. The fourth-order valence-electron chi connectivity index (χ4n) is 1.62. The summed E-state index contributed by atoms with van der Waals surface area (Å²) in [5.41, 5.74) is -0.0524. The Bertz CT molecular complexity index is 616. The lowest BCUT2D eigenvalue weighted by molar-refractivity contribution is -0.123. The largest absolute Gasteiger partial charge is 0.405 e. The predicted octanol–water partition coefficient (Wildman–Crippen LogP) is 0.866. The van der Waals surface area contributed by atoms with E-state index in [0.29, 0.717) is 13.0 Å². The highest BCUT2D eigenvalue weighted by atomic mass is 32.2. The third kappa shape index (κ3) is 6.97. The quantitative estimate of drug-likeness (QED) is 0.605. The standard InChI is InChI=1S/C13H18F3N3O3S/c1-17-7-2-8-19-23(21,22)11-5-3-10(4-6-11)12(20)18-9-13(14,15)16/h3-6,17,19H,2,7-9H2,1H3,(H,18,20). The summed E-state index contributed by atoms with van der Waals surface area (Å²) in [6.45, 7) is -0.545. The number of carbonyl (C=O) groups is 1. The first-order valence-electron chi connectivity index (χ1n) is 6.75. The molecule has 0 saturated carbocycles. The van der Waals surface area contributed by atoms with Crippen molar-refractivity contribution in [3.8, 4) is 0 Å². The van der Waals surface area contributed by atoms with Crippen LogP contribution in [0.15, 0.2) is 29.2 Å². The molecule has 6 nitrogen and oxygen atoms in total. The van der Waals surface area contributed by atoms with Crippen molar-refractivity contribution in [2.75, 3.05) is 26.7 Å². The number of alkyl halides is 3. The summed E-state index contributed by atoms with van der Waals surface area (Å²) in [5.74, 6) is -0.923. The second-order valence-corrected chi connectivity index (χ2v) is 6.44. The smallest absolute Gasteiger partial charge is 0.343 e. The molecular formula is C13H18F3N3O3S. The first-order chi connectivity index (χ1) is 10.7. The Kier molecular flexibility index (Phi) is 6.98. The predicted molar refractivity (Wildman–Crippen MR) is 78.6 cm³/mol. The van der Waals surface area contributed by atoms with Crippen molar-refractivity contribution in [3.05, 3.63) is 29.8 Å². The Labute approximate surface area is 132 Å². The van der Waals surface area contributed by atoms with Crippen LogP contribution in [-0.2, 0) is 10.0 Å². The molecule has 0 spiro atoms. The molecule has 0 aromatic heterocycles. The van der Waals surface area contributed by atoms with Crippen LogP contribution in [0.25, 0.3) is 0 Å². The summed E-state index contributed by atoms with van der Waals surface area (Å²) in [6.07, 6.45) is -3.90. The molecule has 0 aliphatic rings. The summed E-state index contributed by atoms with van der Waals surface area (Å²) >= 11 is 0. The average molecular weight is 353 g/mol. The molecule has 0 fully saturated rings. The summed E-state index contributed by atoms with van der Waals surface area (Å²) in [4.78, 5) is 11.5. The molecule has 130 valence electrons. The van der Waals surface area contributed by atoms with Gasteiger partial charge in [0.05, 0.1) is 4.90 Å². The molecule has 0 bridgehead atoms. The molecule has 1 amide bonds. The molecule has 3 N–H and O–H groups in total. The van der Waals surface area contributed by atoms with Gasteiger partial charge in [-0.15, -0.1) is 0 Å². The van der Waals surface area contributed by atoms with Crippen LogP contribution in [0.3, 0.4) is 0 Å². The van der Waals surface area contributed by atoms with Gasteiger partial charge in [-0.2, -0.15) is 13.2 Å². The van der Waals surface area contributed by atoms with E-state index >= 15 is 0 Å². The van der Waals surface area contributed by atoms with Crippen LogP contribution in [0, 0.1) is 0 Å². The van der Waals surface area contributed by atoms with E-state index in [0.717, 1.165) is 12.1 Å². The van der Waals surface area contributed by atoms with Crippen LogP contribution >= 0.6 is 0 Å². The Balaban J connectivity index is 2.66. The van der Waals surface area contributed by atoms with Crippen molar-refractivity contribution in [3.63, 3.8) is 0 Å². The fourth-order valence-corrected chi connectivity index (χ4v) is 2.70. The Hall–Kier alpha value is -1.65. The van der Waals surface area contributed by atoms with Crippen molar-refractivity contribution in [1.82, 2.24) is 15.4 Å². The number of hydrogen-bond acceptors (Lipinski definition) is 4. The van der Waals surface area contributed by atoms with Crippen molar-refractivity contribution >= 4 is 15.9 Å². The third-order valence-electron chi connectivity index (χ3n) is 2.77. The molecule has 1 aromatic carbocycles. The second kappa shape index (κ2) is 8.27. The van der Waals surface area contributed by atoms with Gasteiger partial charge in [-0.1, -0.05) is 0 Å². The highest BCUT2D eigenvalue weighted by Crippen LogP contribution is 2.14. The van der Waals surface area contributed by atoms with Crippen molar-refractivity contribution < 1.29 is 26.4 Å². The Morgan fingerprint density at radius 2 is 1.74 bits per heavy atom. The summed E-state index contributed by atoms with van der Waals surface area (Å²) < 4.78 is 62.3. The monoisotopic (exact) mass is 353 g/mol. The second-order valence-electron chi connectivity index (χ2n) is 4.68.